The minimum atomic E-state index is -0.709. The van der Waals surface area contributed by atoms with E-state index in [0.717, 1.165) is 62.8 Å². The molecular weight excluding hydrogens is 723 g/mol. The van der Waals surface area contributed by atoms with Crippen molar-refractivity contribution in [1.29, 1.82) is 0 Å². The summed E-state index contributed by atoms with van der Waals surface area (Å²) in [5, 5.41) is 28.8. The van der Waals surface area contributed by atoms with E-state index in [1.807, 2.05) is 20.9 Å². The zero-order valence-electron chi connectivity index (χ0n) is 37.0. The zero-order valence-corrected chi connectivity index (χ0v) is 37.0. The van der Waals surface area contributed by atoms with Crippen LogP contribution in [0.25, 0.3) is 0 Å². The van der Waals surface area contributed by atoms with E-state index in [-0.39, 0.29) is 52.1 Å². The predicted molar refractivity (Wildman–Crippen MR) is 227 cm³/mol. The van der Waals surface area contributed by atoms with Crippen molar-refractivity contribution in [3.05, 3.63) is 69.6 Å². The number of aryl methyl sites for hydroxylation is 2. The standard InChI is InChI=1S/C50H69N3O5/c1-28-19-29(2)21-30(20-28)22-32-26-53-27-33-38-39(46(5,23-35(55)44-45(3,4)58-44)14-11-31-25-52-40(32)41(31)53)34(54)24-50(38,9)49(8)16-12-36-47(6,17-18-51-10)37(56)13-15-48(36,7)43(49)42(33)57/h19-21,25-26,33,35-36,41-44,51,55,57H,11-18,22-24,27H2,1-10H3/p+1. The lowest BCUT2D eigenvalue weighted by Crippen LogP contribution is -3.12. The number of epoxide rings is 1. The van der Waals surface area contributed by atoms with Crippen LogP contribution < -0.4 is 10.2 Å². The van der Waals surface area contributed by atoms with Crippen LogP contribution in [-0.2, 0) is 20.7 Å². The molecule has 314 valence electrons. The number of ketones is 2. The highest BCUT2D eigenvalue weighted by molar-refractivity contribution is 6.08. The van der Waals surface area contributed by atoms with E-state index in [1.165, 1.54) is 38.3 Å². The molecule has 4 fully saturated rings. The summed E-state index contributed by atoms with van der Waals surface area (Å²) < 4.78 is 6.02. The van der Waals surface area contributed by atoms with Crippen LogP contribution in [0.15, 0.2) is 57.9 Å². The number of rotatable bonds is 8. The highest BCUT2D eigenvalue weighted by Crippen LogP contribution is 2.75. The minimum absolute atomic E-state index is 0.0682. The Labute approximate surface area is 347 Å². The number of carbonyl (C=O) groups is 2. The Hall–Kier alpha value is -2.75. The lowest BCUT2D eigenvalue weighted by molar-refractivity contribution is -0.857. The number of hydrogen-bond donors (Lipinski definition) is 4. The molecule has 4 aliphatic heterocycles. The maximum atomic E-state index is 15.2. The highest BCUT2D eigenvalue weighted by Gasteiger charge is 2.73. The summed E-state index contributed by atoms with van der Waals surface area (Å²) in [5.74, 6) is 0.375. The number of nitrogens with one attached hydrogen (secondary N) is 2. The van der Waals surface area contributed by atoms with Gasteiger partial charge in [0.05, 0.1) is 30.3 Å². The molecule has 1 aromatic rings. The van der Waals surface area contributed by atoms with Gasteiger partial charge in [-0.05, 0) is 125 Å². The van der Waals surface area contributed by atoms with Gasteiger partial charge in [0.25, 0.3) is 0 Å². The van der Waals surface area contributed by atoms with Crippen molar-refractivity contribution in [3.63, 3.8) is 0 Å². The molecule has 3 saturated carbocycles. The fourth-order valence-corrected chi connectivity index (χ4v) is 15.4. The van der Waals surface area contributed by atoms with Gasteiger partial charge in [-0.15, -0.1) is 0 Å². The average Bonchev–Trinajstić information content (AvgIpc) is 3.39. The number of Topliss-reactive ketones (excluding diaryl/α,β-unsaturated/α-hetero) is 2. The predicted octanol–water partition coefficient (Wildman–Crippen LogP) is 6.35. The van der Waals surface area contributed by atoms with Crippen molar-refractivity contribution < 1.29 is 29.4 Å². The molecule has 8 nitrogen and oxygen atoms in total. The summed E-state index contributed by atoms with van der Waals surface area (Å²) in [7, 11) is 1.97. The molecule has 0 amide bonds. The van der Waals surface area contributed by atoms with Crippen LogP contribution in [0.4, 0.5) is 0 Å². The van der Waals surface area contributed by atoms with Crippen molar-refractivity contribution in [2.75, 3.05) is 20.1 Å². The Morgan fingerprint density at radius 1 is 1.00 bits per heavy atom. The molecule has 0 spiro atoms. The number of ether oxygens (including phenoxy) is 1. The maximum absolute atomic E-state index is 15.2. The number of aliphatic hydroxyl groups is 2. The summed E-state index contributed by atoms with van der Waals surface area (Å²) in [6.07, 6.45) is 9.93. The first-order chi connectivity index (χ1) is 27.2. The zero-order chi connectivity index (χ0) is 41.5. The number of quaternary nitrogens is 1. The Morgan fingerprint density at radius 2 is 1.71 bits per heavy atom. The first-order valence-corrected chi connectivity index (χ1v) is 22.6. The van der Waals surface area contributed by atoms with Crippen LogP contribution in [-0.4, -0.2) is 77.6 Å². The summed E-state index contributed by atoms with van der Waals surface area (Å²) in [6, 6.07) is 6.87. The van der Waals surface area contributed by atoms with Crippen molar-refractivity contribution in [2.45, 2.75) is 156 Å². The third-order valence-corrected chi connectivity index (χ3v) is 18.2. The molecule has 4 aliphatic carbocycles. The SMILES string of the molecule is CNCCC1(C)C(=O)CCC2(C)C1CCC1(C)C2C(O)C2C[NH+]3C=C(Cc4cc(C)cc(C)c4)C4=NC=C(CCC(C)(CC(O)C5OC5(C)C)C5=C2C1(C)CC5=O)C43. The topological polar surface area (TPSA) is 116 Å². The lowest BCUT2D eigenvalue weighted by Gasteiger charge is -2.70. The van der Waals surface area contributed by atoms with E-state index < -0.39 is 28.5 Å². The van der Waals surface area contributed by atoms with Crippen LogP contribution in [0.5, 0.6) is 0 Å². The number of benzene rings is 1. The Balaban J connectivity index is 1.20. The molecular formula is C50H70N3O5+. The number of nitrogens with zero attached hydrogens (tertiary/aromatic N) is 1. The van der Waals surface area contributed by atoms with Crippen LogP contribution >= 0.6 is 0 Å². The fraction of sp³-hybridized carbons (Fsp3) is 0.700. The quantitative estimate of drug-likeness (QED) is 0.229. The van der Waals surface area contributed by atoms with Crippen LogP contribution in [0.1, 0.15) is 123 Å². The van der Waals surface area contributed by atoms with E-state index >= 15 is 4.79 Å². The third-order valence-electron chi connectivity index (χ3n) is 18.2. The second kappa shape index (κ2) is 13.4. The second-order valence-electron chi connectivity index (χ2n) is 22.3. The highest BCUT2D eigenvalue weighted by atomic mass is 16.6. The van der Waals surface area contributed by atoms with Crippen LogP contribution in [0.2, 0.25) is 0 Å². The molecule has 0 aromatic heterocycles. The van der Waals surface area contributed by atoms with Gasteiger partial charge in [-0.3, -0.25) is 19.5 Å². The van der Waals surface area contributed by atoms with Crippen molar-refractivity contribution >= 4 is 17.3 Å². The molecule has 0 radical (unpaired) electrons. The van der Waals surface area contributed by atoms with Gasteiger partial charge in [0, 0.05) is 53.0 Å². The van der Waals surface area contributed by atoms with Gasteiger partial charge in [0.1, 0.15) is 23.8 Å². The Bertz CT molecular complexity index is 2060. The summed E-state index contributed by atoms with van der Waals surface area (Å²) in [5.41, 5.74) is 6.98. The van der Waals surface area contributed by atoms with Gasteiger partial charge < -0.3 is 20.3 Å². The third kappa shape index (κ3) is 5.73. The number of aliphatic hydroxyl groups excluding tert-OH is 2. The number of hydrogen-bond acceptors (Lipinski definition) is 7. The molecule has 8 heteroatoms. The van der Waals surface area contributed by atoms with Crippen molar-refractivity contribution in [1.82, 2.24) is 5.32 Å². The lowest BCUT2D eigenvalue weighted by atomic mass is 9.34. The maximum Gasteiger partial charge on any atom is 0.160 e. The molecule has 9 rings (SSSR count). The molecule has 58 heavy (non-hydrogen) atoms. The van der Waals surface area contributed by atoms with Gasteiger partial charge in [0.2, 0.25) is 0 Å². The number of allylic oxidation sites excluding steroid dienone is 1. The molecule has 4 N–H and O–H groups in total. The number of fused-ring (bicyclic) bond motifs is 4. The van der Waals surface area contributed by atoms with E-state index in [1.54, 1.807) is 0 Å². The molecule has 0 bridgehead atoms. The molecule has 13 unspecified atom stereocenters. The van der Waals surface area contributed by atoms with Gasteiger partial charge in [0.15, 0.2) is 11.8 Å². The van der Waals surface area contributed by atoms with Crippen molar-refractivity contribution in [3.8, 4) is 0 Å². The summed E-state index contributed by atoms with van der Waals surface area (Å²) in [6.45, 7) is 21.5. The van der Waals surface area contributed by atoms with Crippen molar-refractivity contribution in [2.24, 2.45) is 49.8 Å². The van der Waals surface area contributed by atoms with Gasteiger partial charge in [-0.1, -0.05) is 63.9 Å². The Morgan fingerprint density at radius 3 is 2.38 bits per heavy atom. The second-order valence-corrected chi connectivity index (χ2v) is 22.3. The van der Waals surface area contributed by atoms with Crippen LogP contribution in [0.3, 0.4) is 0 Å². The van der Waals surface area contributed by atoms with Gasteiger partial charge in [-0.25, -0.2) is 0 Å². The fourth-order valence-electron chi connectivity index (χ4n) is 15.4. The van der Waals surface area contributed by atoms with E-state index in [0.29, 0.717) is 31.6 Å². The number of aliphatic imine (C=N–C) groups is 1. The summed E-state index contributed by atoms with van der Waals surface area (Å²) >= 11 is 0. The average molecular weight is 793 g/mol. The van der Waals surface area contributed by atoms with Crippen LogP contribution in [0, 0.1) is 58.7 Å². The van der Waals surface area contributed by atoms with E-state index in [9.17, 15) is 15.0 Å². The first kappa shape index (κ1) is 40.6. The molecule has 4 heterocycles. The number of carbonyl (C=O) groups excluding carboxylic acids is 2. The largest absolute Gasteiger partial charge is 0.392 e. The van der Waals surface area contributed by atoms with Gasteiger partial charge in [-0.2, -0.15) is 0 Å². The molecule has 1 aromatic carbocycles. The first-order valence-electron chi connectivity index (χ1n) is 22.6. The normalized spacial score (nSPS) is 44.1. The molecule has 1 saturated heterocycles. The summed E-state index contributed by atoms with van der Waals surface area (Å²) in [4.78, 5) is 35.7. The molecule has 8 aliphatic rings. The van der Waals surface area contributed by atoms with Gasteiger partial charge >= 0.3 is 0 Å². The minimum Gasteiger partial charge on any atom is -0.392 e. The van der Waals surface area contributed by atoms with E-state index in [2.05, 4.69) is 84.4 Å². The van der Waals surface area contributed by atoms with E-state index in [4.69, 9.17) is 9.73 Å². The smallest absolute Gasteiger partial charge is 0.160 e. The molecule has 13 atom stereocenters. The monoisotopic (exact) mass is 793 g/mol. The Kier molecular flexibility index (Phi) is 9.37.